The SMILES string of the molecule is CC(C)(C)OC(=O)N1CCC2(CC1)CN(C1=C(Br)C(=O)OC1)CCO2. The molecule has 0 N–H and O–H groups in total. The van der Waals surface area contributed by atoms with Crippen LogP contribution in [0.15, 0.2) is 10.2 Å². The first-order valence-electron chi connectivity index (χ1n) is 8.62. The molecule has 0 atom stereocenters. The van der Waals surface area contributed by atoms with E-state index in [1.54, 1.807) is 4.90 Å². The summed E-state index contributed by atoms with van der Waals surface area (Å²) in [6.45, 7) is 9.18. The van der Waals surface area contributed by atoms with Gasteiger partial charge in [-0.05, 0) is 49.5 Å². The normalized spacial score (nSPS) is 23.9. The zero-order valence-corrected chi connectivity index (χ0v) is 16.6. The summed E-state index contributed by atoms with van der Waals surface area (Å²) in [6.07, 6.45) is 1.24. The Morgan fingerprint density at radius 1 is 1.24 bits per heavy atom. The van der Waals surface area contributed by atoms with Gasteiger partial charge in [-0.2, -0.15) is 0 Å². The maximum Gasteiger partial charge on any atom is 0.410 e. The highest BCUT2D eigenvalue weighted by atomic mass is 79.9. The smallest absolute Gasteiger partial charge is 0.410 e. The molecule has 1 amide bonds. The first-order valence-corrected chi connectivity index (χ1v) is 9.41. The number of amides is 1. The molecule has 0 aromatic carbocycles. The Bertz CT molecular complexity index is 590. The van der Waals surface area contributed by atoms with Gasteiger partial charge in [-0.25, -0.2) is 9.59 Å². The molecule has 0 aliphatic carbocycles. The molecule has 140 valence electrons. The highest BCUT2D eigenvalue weighted by molar-refractivity contribution is 9.12. The van der Waals surface area contributed by atoms with E-state index in [0.29, 0.717) is 37.3 Å². The van der Waals surface area contributed by atoms with Gasteiger partial charge in [-0.3, -0.25) is 0 Å². The Hall–Kier alpha value is -1.28. The van der Waals surface area contributed by atoms with Crippen molar-refractivity contribution < 1.29 is 23.8 Å². The van der Waals surface area contributed by atoms with Crippen molar-refractivity contribution >= 4 is 28.0 Å². The average Bonchev–Trinajstić information content (AvgIpc) is 2.86. The number of carbonyl (C=O) groups excluding carboxylic acids is 2. The number of rotatable bonds is 1. The van der Waals surface area contributed by atoms with Gasteiger partial charge < -0.3 is 24.0 Å². The van der Waals surface area contributed by atoms with Crippen molar-refractivity contribution in [2.75, 3.05) is 39.4 Å². The molecule has 3 aliphatic heterocycles. The largest absolute Gasteiger partial charge is 0.455 e. The maximum absolute atomic E-state index is 12.2. The third kappa shape index (κ3) is 4.11. The molecule has 0 bridgehead atoms. The van der Waals surface area contributed by atoms with Gasteiger partial charge in [0.1, 0.15) is 16.7 Å². The molecule has 2 fully saturated rings. The second-order valence-electron chi connectivity index (χ2n) is 7.76. The Morgan fingerprint density at radius 3 is 2.48 bits per heavy atom. The summed E-state index contributed by atoms with van der Waals surface area (Å²) in [5, 5.41) is 0. The summed E-state index contributed by atoms with van der Waals surface area (Å²) in [5.74, 6) is -0.310. The van der Waals surface area contributed by atoms with Gasteiger partial charge in [-0.15, -0.1) is 0 Å². The van der Waals surface area contributed by atoms with Crippen molar-refractivity contribution in [3.05, 3.63) is 10.2 Å². The Morgan fingerprint density at radius 2 is 1.92 bits per heavy atom. The number of hydrogen-bond acceptors (Lipinski definition) is 6. The standard InChI is InChI=1S/C17H25BrN2O5/c1-16(2,3)25-15(22)19-6-4-17(5-7-19)11-20(8-9-24-17)12-10-23-14(21)13(12)18/h4-11H2,1-3H3. The highest BCUT2D eigenvalue weighted by Gasteiger charge is 2.43. The zero-order chi connectivity index (χ0) is 18.2. The molecule has 25 heavy (non-hydrogen) atoms. The third-order valence-corrected chi connectivity index (χ3v) is 5.51. The molecule has 7 nitrogen and oxygen atoms in total. The lowest BCUT2D eigenvalue weighted by atomic mass is 9.89. The Kier molecular flexibility index (Phi) is 5.03. The number of ether oxygens (including phenoxy) is 3. The quantitative estimate of drug-likeness (QED) is 0.610. The van der Waals surface area contributed by atoms with E-state index in [-0.39, 0.29) is 17.7 Å². The molecular formula is C17H25BrN2O5. The molecule has 3 aliphatic rings. The third-order valence-electron chi connectivity index (χ3n) is 4.73. The fraction of sp³-hybridized carbons (Fsp3) is 0.765. The van der Waals surface area contributed by atoms with Gasteiger partial charge in [0.05, 0.1) is 17.9 Å². The number of hydrogen-bond donors (Lipinski definition) is 0. The van der Waals surface area contributed by atoms with Gasteiger partial charge in [0.25, 0.3) is 0 Å². The number of carbonyl (C=O) groups is 2. The van der Waals surface area contributed by atoms with E-state index >= 15 is 0 Å². The first kappa shape index (κ1) is 18.5. The van der Waals surface area contributed by atoms with E-state index < -0.39 is 5.60 Å². The molecule has 3 rings (SSSR count). The van der Waals surface area contributed by atoms with Crippen LogP contribution in [0.2, 0.25) is 0 Å². The number of halogens is 1. The minimum Gasteiger partial charge on any atom is -0.455 e. The zero-order valence-electron chi connectivity index (χ0n) is 15.0. The van der Waals surface area contributed by atoms with Crippen LogP contribution in [0, 0.1) is 0 Å². The number of cyclic esters (lactones) is 1. The van der Waals surface area contributed by atoms with Gasteiger partial charge in [0, 0.05) is 26.2 Å². The van der Waals surface area contributed by atoms with Crippen LogP contribution >= 0.6 is 15.9 Å². The van der Waals surface area contributed by atoms with Gasteiger partial charge in [0.2, 0.25) is 0 Å². The number of esters is 1. The summed E-state index contributed by atoms with van der Waals surface area (Å²) in [4.78, 5) is 27.7. The second kappa shape index (κ2) is 6.79. The lowest BCUT2D eigenvalue weighted by Gasteiger charge is -2.48. The maximum atomic E-state index is 12.2. The van der Waals surface area contributed by atoms with E-state index in [1.165, 1.54) is 0 Å². The number of morpholine rings is 1. The lowest BCUT2D eigenvalue weighted by Crippen LogP contribution is -2.57. The molecule has 2 saturated heterocycles. The van der Waals surface area contributed by atoms with Crippen LogP contribution in [0.5, 0.6) is 0 Å². The molecule has 0 radical (unpaired) electrons. The Balaban J connectivity index is 1.61. The van der Waals surface area contributed by atoms with E-state index in [1.807, 2.05) is 20.8 Å². The van der Waals surface area contributed by atoms with Crippen molar-refractivity contribution in [3.63, 3.8) is 0 Å². The van der Waals surface area contributed by atoms with Gasteiger partial charge in [0.15, 0.2) is 0 Å². The lowest BCUT2D eigenvalue weighted by molar-refractivity contribution is -0.136. The topological polar surface area (TPSA) is 68.3 Å². The van der Waals surface area contributed by atoms with E-state index in [2.05, 4.69) is 20.8 Å². The van der Waals surface area contributed by atoms with E-state index in [4.69, 9.17) is 14.2 Å². The second-order valence-corrected chi connectivity index (χ2v) is 8.55. The van der Waals surface area contributed by atoms with Crippen molar-refractivity contribution in [2.24, 2.45) is 0 Å². The predicted octanol–water partition coefficient (Wildman–Crippen LogP) is 2.25. The van der Waals surface area contributed by atoms with Crippen LogP contribution in [0.1, 0.15) is 33.6 Å². The fourth-order valence-electron chi connectivity index (χ4n) is 3.41. The number of nitrogens with zero attached hydrogens (tertiary/aromatic N) is 2. The fourth-order valence-corrected chi connectivity index (χ4v) is 3.89. The molecule has 0 saturated carbocycles. The van der Waals surface area contributed by atoms with Crippen LogP contribution in [0.4, 0.5) is 4.79 Å². The highest BCUT2D eigenvalue weighted by Crippen LogP contribution is 2.34. The molecule has 0 aromatic rings. The summed E-state index contributed by atoms with van der Waals surface area (Å²) < 4.78 is 17.2. The average molecular weight is 417 g/mol. The van der Waals surface area contributed by atoms with Crippen molar-refractivity contribution in [3.8, 4) is 0 Å². The van der Waals surface area contributed by atoms with Crippen molar-refractivity contribution in [1.29, 1.82) is 0 Å². The molecule has 0 aromatic heterocycles. The monoisotopic (exact) mass is 416 g/mol. The minimum absolute atomic E-state index is 0.268. The molecule has 1 spiro atoms. The van der Waals surface area contributed by atoms with Crippen molar-refractivity contribution in [2.45, 2.75) is 44.8 Å². The van der Waals surface area contributed by atoms with Crippen molar-refractivity contribution in [1.82, 2.24) is 9.80 Å². The van der Waals surface area contributed by atoms with Crippen LogP contribution in [-0.4, -0.2) is 72.5 Å². The van der Waals surface area contributed by atoms with Crippen LogP contribution in [0.3, 0.4) is 0 Å². The van der Waals surface area contributed by atoms with Gasteiger partial charge >= 0.3 is 12.1 Å². The van der Waals surface area contributed by atoms with Crippen LogP contribution < -0.4 is 0 Å². The minimum atomic E-state index is -0.488. The molecule has 8 heteroatoms. The Labute approximate surface area is 156 Å². The molecule has 0 unspecified atom stereocenters. The number of likely N-dealkylation sites (tertiary alicyclic amines) is 1. The summed E-state index contributed by atoms with van der Waals surface area (Å²) >= 11 is 3.33. The number of piperidine rings is 1. The summed E-state index contributed by atoms with van der Waals surface area (Å²) in [7, 11) is 0. The molecular weight excluding hydrogens is 392 g/mol. The van der Waals surface area contributed by atoms with Gasteiger partial charge in [-0.1, -0.05) is 0 Å². The summed E-state index contributed by atoms with van der Waals surface area (Å²) in [5.41, 5.74) is 0.114. The predicted molar refractivity (Wildman–Crippen MR) is 94.2 cm³/mol. The molecule has 3 heterocycles. The van der Waals surface area contributed by atoms with E-state index in [0.717, 1.165) is 25.1 Å². The van der Waals surface area contributed by atoms with E-state index in [9.17, 15) is 9.59 Å². The van der Waals surface area contributed by atoms with Crippen LogP contribution in [-0.2, 0) is 19.0 Å². The summed E-state index contributed by atoms with van der Waals surface area (Å²) in [6, 6.07) is 0. The van der Waals surface area contributed by atoms with Crippen LogP contribution in [0.25, 0.3) is 0 Å². The first-order chi connectivity index (χ1) is 11.7.